The summed E-state index contributed by atoms with van der Waals surface area (Å²) < 4.78 is 0. The minimum atomic E-state index is 0.488. The van der Waals surface area contributed by atoms with E-state index in [4.69, 9.17) is 0 Å². The molecule has 1 aromatic heterocycles. The van der Waals surface area contributed by atoms with E-state index in [-0.39, 0.29) is 0 Å². The van der Waals surface area contributed by atoms with Crippen molar-refractivity contribution in [3.63, 3.8) is 0 Å². The van der Waals surface area contributed by atoms with E-state index in [9.17, 15) is 0 Å². The molecule has 0 radical (unpaired) electrons. The monoisotopic (exact) mass is 250 g/mol. The maximum absolute atomic E-state index is 4.67. The van der Waals surface area contributed by atoms with Crippen LogP contribution in [0.15, 0.2) is 18.2 Å². The van der Waals surface area contributed by atoms with Gasteiger partial charge < -0.3 is 15.1 Å². The molecule has 4 nitrogen and oxygen atoms in total. The van der Waals surface area contributed by atoms with Gasteiger partial charge in [-0.15, -0.1) is 0 Å². The molecule has 0 aromatic carbocycles. The number of anilines is 1. The van der Waals surface area contributed by atoms with Crippen molar-refractivity contribution in [2.24, 2.45) is 0 Å². The lowest BCUT2D eigenvalue weighted by Crippen LogP contribution is -2.29. The number of rotatable bonds is 7. The van der Waals surface area contributed by atoms with Crippen LogP contribution in [0.4, 0.5) is 5.82 Å². The van der Waals surface area contributed by atoms with Gasteiger partial charge in [0.1, 0.15) is 5.82 Å². The fourth-order valence-electron chi connectivity index (χ4n) is 1.55. The van der Waals surface area contributed by atoms with E-state index < -0.39 is 0 Å². The molecule has 0 atom stereocenters. The highest BCUT2D eigenvalue weighted by Crippen LogP contribution is 2.09. The normalized spacial score (nSPS) is 11.3. The molecule has 18 heavy (non-hydrogen) atoms. The lowest BCUT2D eigenvalue weighted by atomic mass is 10.3. The molecule has 0 aliphatic rings. The Morgan fingerprint density at radius 2 is 1.89 bits per heavy atom. The molecule has 1 rings (SSSR count). The highest BCUT2D eigenvalue weighted by molar-refractivity contribution is 5.38. The Hall–Kier alpha value is -1.13. The number of hydrogen-bond acceptors (Lipinski definition) is 4. The van der Waals surface area contributed by atoms with E-state index in [1.807, 2.05) is 0 Å². The first-order valence-corrected chi connectivity index (χ1v) is 6.54. The van der Waals surface area contributed by atoms with Gasteiger partial charge in [0.15, 0.2) is 0 Å². The number of aromatic nitrogens is 1. The number of pyridine rings is 1. The van der Waals surface area contributed by atoms with Crippen LogP contribution >= 0.6 is 0 Å². The summed E-state index contributed by atoms with van der Waals surface area (Å²) in [5.74, 6) is 1.04. The number of likely N-dealkylation sites (N-methyl/N-ethyl adjacent to an activating group) is 2. The van der Waals surface area contributed by atoms with E-state index >= 15 is 0 Å². The van der Waals surface area contributed by atoms with Crippen LogP contribution in [0.2, 0.25) is 0 Å². The molecular formula is C14H26N4. The molecule has 0 saturated heterocycles. The van der Waals surface area contributed by atoms with Gasteiger partial charge in [-0.05, 0) is 26.2 Å². The molecule has 0 bridgehead atoms. The second kappa shape index (κ2) is 7.34. The van der Waals surface area contributed by atoms with Crippen LogP contribution in [-0.2, 0) is 6.54 Å². The largest absolute Gasteiger partial charge is 0.358 e. The molecule has 1 aromatic rings. The van der Waals surface area contributed by atoms with Crippen LogP contribution in [0.25, 0.3) is 0 Å². The smallest absolute Gasteiger partial charge is 0.128 e. The Morgan fingerprint density at radius 1 is 1.17 bits per heavy atom. The first kappa shape index (κ1) is 14.9. The average molecular weight is 250 g/mol. The quantitative estimate of drug-likeness (QED) is 0.796. The summed E-state index contributed by atoms with van der Waals surface area (Å²) in [7, 11) is 6.26. The fourth-order valence-corrected chi connectivity index (χ4v) is 1.55. The third-order valence-corrected chi connectivity index (χ3v) is 2.76. The van der Waals surface area contributed by atoms with Gasteiger partial charge in [-0.1, -0.05) is 19.9 Å². The van der Waals surface area contributed by atoms with Crippen molar-refractivity contribution in [2.75, 3.05) is 39.1 Å². The maximum atomic E-state index is 4.67. The Bertz CT molecular complexity index is 349. The predicted molar refractivity (Wildman–Crippen MR) is 78.0 cm³/mol. The Kier molecular flexibility index (Phi) is 6.09. The minimum absolute atomic E-state index is 0.488. The maximum Gasteiger partial charge on any atom is 0.128 e. The standard InChI is InChI=1S/C14H26N4/c1-12(2)15-11-13-7-6-8-14(16-13)18(5)10-9-17(3)4/h6-8,12,15H,9-11H2,1-5H3. The van der Waals surface area contributed by atoms with Crippen molar-refractivity contribution >= 4 is 5.82 Å². The topological polar surface area (TPSA) is 31.4 Å². The second-order valence-electron chi connectivity index (χ2n) is 5.25. The minimum Gasteiger partial charge on any atom is -0.358 e. The first-order valence-electron chi connectivity index (χ1n) is 6.54. The summed E-state index contributed by atoms with van der Waals surface area (Å²) in [6.07, 6.45) is 0. The zero-order valence-corrected chi connectivity index (χ0v) is 12.3. The van der Waals surface area contributed by atoms with Crippen LogP contribution in [0.5, 0.6) is 0 Å². The fraction of sp³-hybridized carbons (Fsp3) is 0.643. The molecule has 0 saturated carbocycles. The predicted octanol–water partition coefficient (Wildman–Crippen LogP) is 1.58. The second-order valence-corrected chi connectivity index (χ2v) is 5.25. The summed E-state index contributed by atoms with van der Waals surface area (Å²) in [5.41, 5.74) is 1.10. The van der Waals surface area contributed by atoms with Crippen LogP contribution in [0, 0.1) is 0 Å². The highest BCUT2D eigenvalue weighted by atomic mass is 15.2. The van der Waals surface area contributed by atoms with Crippen LogP contribution in [0.1, 0.15) is 19.5 Å². The van der Waals surface area contributed by atoms with Crippen molar-refractivity contribution in [3.05, 3.63) is 23.9 Å². The number of hydrogen-bond donors (Lipinski definition) is 1. The van der Waals surface area contributed by atoms with Gasteiger partial charge >= 0.3 is 0 Å². The molecule has 1 N–H and O–H groups in total. The lowest BCUT2D eigenvalue weighted by molar-refractivity contribution is 0.416. The van der Waals surface area contributed by atoms with Crippen molar-refractivity contribution in [3.8, 4) is 0 Å². The van der Waals surface area contributed by atoms with Gasteiger partial charge in [-0.3, -0.25) is 0 Å². The molecule has 0 aliphatic heterocycles. The highest BCUT2D eigenvalue weighted by Gasteiger charge is 2.04. The van der Waals surface area contributed by atoms with Gasteiger partial charge in [-0.25, -0.2) is 4.98 Å². The molecule has 0 unspecified atom stereocenters. The molecule has 102 valence electrons. The Balaban J connectivity index is 2.57. The molecule has 0 amide bonds. The van der Waals surface area contributed by atoms with Crippen molar-refractivity contribution in [1.82, 2.24) is 15.2 Å². The van der Waals surface area contributed by atoms with Crippen molar-refractivity contribution in [1.29, 1.82) is 0 Å². The summed E-state index contributed by atoms with van der Waals surface area (Å²) >= 11 is 0. The third kappa shape index (κ3) is 5.47. The van der Waals surface area contributed by atoms with Gasteiger partial charge in [0.05, 0.1) is 5.69 Å². The summed E-state index contributed by atoms with van der Waals surface area (Å²) in [5, 5.41) is 3.39. The Labute approximate surface area is 111 Å². The van der Waals surface area contributed by atoms with Crippen LogP contribution in [-0.4, -0.2) is 50.2 Å². The first-order chi connectivity index (χ1) is 8.49. The molecule has 0 fully saturated rings. The SMILES string of the molecule is CC(C)NCc1cccc(N(C)CCN(C)C)n1. The molecule has 4 heteroatoms. The van der Waals surface area contributed by atoms with Gasteiger partial charge in [-0.2, -0.15) is 0 Å². The van der Waals surface area contributed by atoms with E-state index in [0.717, 1.165) is 31.1 Å². The molecule has 0 spiro atoms. The van der Waals surface area contributed by atoms with Gasteiger partial charge in [0.2, 0.25) is 0 Å². The third-order valence-electron chi connectivity index (χ3n) is 2.76. The number of nitrogens with one attached hydrogen (secondary N) is 1. The number of nitrogens with zero attached hydrogens (tertiary/aromatic N) is 3. The Morgan fingerprint density at radius 3 is 2.50 bits per heavy atom. The van der Waals surface area contributed by atoms with Crippen LogP contribution < -0.4 is 10.2 Å². The average Bonchev–Trinajstić information content (AvgIpc) is 2.33. The van der Waals surface area contributed by atoms with Crippen molar-refractivity contribution in [2.45, 2.75) is 26.4 Å². The zero-order chi connectivity index (χ0) is 13.5. The van der Waals surface area contributed by atoms with Gasteiger partial charge in [0, 0.05) is 32.7 Å². The lowest BCUT2D eigenvalue weighted by Gasteiger charge is -2.21. The molecule has 1 heterocycles. The van der Waals surface area contributed by atoms with E-state index in [1.165, 1.54) is 0 Å². The van der Waals surface area contributed by atoms with E-state index in [2.05, 4.69) is 73.3 Å². The summed E-state index contributed by atoms with van der Waals surface area (Å²) in [6.45, 7) is 7.14. The summed E-state index contributed by atoms with van der Waals surface area (Å²) in [6, 6.07) is 6.70. The van der Waals surface area contributed by atoms with Crippen molar-refractivity contribution < 1.29 is 0 Å². The molecule has 0 aliphatic carbocycles. The zero-order valence-electron chi connectivity index (χ0n) is 12.3. The van der Waals surface area contributed by atoms with E-state index in [0.29, 0.717) is 6.04 Å². The van der Waals surface area contributed by atoms with Gasteiger partial charge in [0.25, 0.3) is 0 Å². The van der Waals surface area contributed by atoms with E-state index in [1.54, 1.807) is 0 Å². The van der Waals surface area contributed by atoms with Crippen LogP contribution in [0.3, 0.4) is 0 Å². The molecular weight excluding hydrogens is 224 g/mol. The summed E-state index contributed by atoms with van der Waals surface area (Å²) in [4.78, 5) is 9.04.